The molecule has 1 amide bonds. The van der Waals surface area contributed by atoms with Crippen molar-refractivity contribution >= 4 is 17.2 Å². The topological polar surface area (TPSA) is 59.2 Å². The molecular weight excluding hydrogens is 322 g/mol. The minimum Gasteiger partial charge on any atom is -0.342 e. The van der Waals surface area contributed by atoms with Gasteiger partial charge in [0.1, 0.15) is 0 Å². The molecule has 1 saturated heterocycles. The first-order chi connectivity index (χ1) is 11.8. The lowest BCUT2D eigenvalue weighted by Crippen LogP contribution is -2.42. The van der Waals surface area contributed by atoms with Crippen molar-refractivity contribution in [2.45, 2.75) is 50.9 Å². The van der Waals surface area contributed by atoms with E-state index in [0.717, 1.165) is 43.6 Å². The first-order valence-electron chi connectivity index (χ1n) is 8.97. The molecule has 128 valence electrons. The maximum atomic E-state index is 12.8. The van der Waals surface area contributed by atoms with Crippen molar-refractivity contribution in [2.24, 2.45) is 5.92 Å². The van der Waals surface area contributed by atoms with Gasteiger partial charge in [-0.15, -0.1) is 11.3 Å². The smallest absolute Gasteiger partial charge is 0.231 e. The van der Waals surface area contributed by atoms with Crippen LogP contribution < -0.4 is 0 Å². The number of piperidine rings is 1. The Labute approximate surface area is 146 Å². The molecule has 24 heavy (non-hydrogen) atoms. The van der Waals surface area contributed by atoms with Gasteiger partial charge in [-0.1, -0.05) is 30.5 Å². The summed E-state index contributed by atoms with van der Waals surface area (Å²) in [6.45, 7) is 1.60. The number of likely N-dealkylation sites (tertiary alicyclic amines) is 1. The van der Waals surface area contributed by atoms with Gasteiger partial charge in [-0.2, -0.15) is 4.98 Å². The number of carbonyl (C=O) groups is 1. The molecule has 2 fully saturated rings. The van der Waals surface area contributed by atoms with Crippen LogP contribution in [0.2, 0.25) is 0 Å². The van der Waals surface area contributed by atoms with Crippen LogP contribution >= 0.6 is 11.3 Å². The summed E-state index contributed by atoms with van der Waals surface area (Å²) in [5.74, 6) is 2.10. The molecular formula is C18H23N3O2S. The molecule has 0 aromatic carbocycles. The van der Waals surface area contributed by atoms with Crippen LogP contribution in [0.4, 0.5) is 0 Å². The Morgan fingerprint density at radius 1 is 1.21 bits per heavy atom. The third-order valence-corrected chi connectivity index (χ3v) is 6.09. The predicted octanol–water partition coefficient (Wildman–Crippen LogP) is 4.08. The van der Waals surface area contributed by atoms with Gasteiger partial charge in [0.15, 0.2) is 0 Å². The summed E-state index contributed by atoms with van der Waals surface area (Å²) in [6, 6.07) is 3.99. The molecule has 0 bridgehead atoms. The van der Waals surface area contributed by atoms with E-state index in [4.69, 9.17) is 4.52 Å². The zero-order valence-corrected chi connectivity index (χ0v) is 14.6. The Kier molecular flexibility index (Phi) is 4.65. The second kappa shape index (κ2) is 7.05. The fourth-order valence-electron chi connectivity index (χ4n) is 3.89. The van der Waals surface area contributed by atoms with E-state index in [0.29, 0.717) is 17.6 Å². The molecule has 0 radical (unpaired) electrons. The molecule has 1 saturated carbocycles. The molecule has 5 nitrogen and oxygen atoms in total. The molecule has 4 rings (SSSR count). The molecule has 0 N–H and O–H groups in total. The summed E-state index contributed by atoms with van der Waals surface area (Å²) in [6.07, 6.45) is 7.81. The number of aromatic nitrogens is 2. The monoisotopic (exact) mass is 345 g/mol. The third-order valence-electron chi connectivity index (χ3n) is 5.22. The lowest BCUT2D eigenvalue weighted by molar-refractivity contribution is -0.137. The Balaban J connectivity index is 1.44. The largest absolute Gasteiger partial charge is 0.342 e. The second-order valence-corrected chi connectivity index (χ2v) is 7.84. The van der Waals surface area contributed by atoms with Crippen molar-refractivity contribution in [3.8, 4) is 10.7 Å². The van der Waals surface area contributed by atoms with Crippen molar-refractivity contribution in [1.82, 2.24) is 15.0 Å². The predicted molar refractivity (Wildman–Crippen MR) is 92.7 cm³/mol. The summed E-state index contributed by atoms with van der Waals surface area (Å²) in [5.41, 5.74) is 0. The first kappa shape index (κ1) is 15.8. The number of nitrogens with zero attached hydrogens (tertiary/aromatic N) is 3. The van der Waals surface area contributed by atoms with E-state index in [1.807, 2.05) is 22.4 Å². The summed E-state index contributed by atoms with van der Waals surface area (Å²) in [7, 11) is 0. The average molecular weight is 345 g/mol. The minimum absolute atomic E-state index is 0.174. The van der Waals surface area contributed by atoms with E-state index in [-0.39, 0.29) is 11.8 Å². The minimum atomic E-state index is 0.174. The molecule has 2 aliphatic rings. The van der Waals surface area contributed by atoms with Gasteiger partial charge in [0.05, 0.1) is 10.8 Å². The van der Waals surface area contributed by atoms with Crippen molar-refractivity contribution in [2.75, 3.05) is 13.1 Å². The van der Waals surface area contributed by atoms with Gasteiger partial charge in [-0.25, -0.2) is 0 Å². The van der Waals surface area contributed by atoms with E-state index < -0.39 is 0 Å². The second-order valence-electron chi connectivity index (χ2n) is 6.89. The Hall–Kier alpha value is -1.69. The molecule has 0 unspecified atom stereocenters. The first-order valence-corrected chi connectivity index (χ1v) is 9.85. The molecule has 6 heteroatoms. The van der Waals surface area contributed by atoms with Crippen LogP contribution in [-0.2, 0) is 4.79 Å². The summed E-state index contributed by atoms with van der Waals surface area (Å²) >= 11 is 1.61. The van der Waals surface area contributed by atoms with Crippen LogP contribution in [0, 0.1) is 5.92 Å². The van der Waals surface area contributed by atoms with Crippen LogP contribution in [0.25, 0.3) is 10.7 Å². The SMILES string of the molecule is O=C(C1CCCCC1)N1CCC[C@H](c2nc(-c3cccs3)no2)C1. The molecule has 1 aliphatic heterocycles. The quantitative estimate of drug-likeness (QED) is 0.841. The molecule has 0 spiro atoms. The summed E-state index contributed by atoms with van der Waals surface area (Å²) in [4.78, 5) is 20.4. The van der Waals surface area contributed by atoms with Crippen molar-refractivity contribution in [3.05, 3.63) is 23.4 Å². The summed E-state index contributed by atoms with van der Waals surface area (Å²) < 4.78 is 5.51. The Morgan fingerprint density at radius 3 is 2.88 bits per heavy atom. The van der Waals surface area contributed by atoms with Gasteiger partial charge in [-0.3, -0.25) is 4.79 Å². The van der Waals surface area contributed by atoms with Crippen molar-refractivity contribution in [1.29, 1.82) is 0 Å². The standard InChI is InChI=1S/C18H23N3O2S/c22-18(13-6-2-1-3-7-13)21-10-4-8-14(12-21)17-19-16(20-23-17)15-9-5-11-24-15/h5,9,11,13-14H,1-4,6-8,10,12H2/t14-/m0/s1. The lowest BCUT2D eigenvalue weighted by atomic mass is 9.87. The molecule has 1 atom stereocenters. The number of rotatable bonds is 3. The van der Waals surface area contributed by atoms with E-state index in [2.05, 4.69) is 10.1 Å². The molecule has 1 aliphatic carbocycles. The van der Waals surface area contributed by atoms with Crippen molar-refractivity contribution < 1.29 is 9.32 Å². The third kappa shape index (κ3) is 3.24. The highest BCUT2D eigenvalue weighted by molar-refractivity contribution is 7.13. The van der Waals surface area contributed by atoms with E-state index in [1.54, 1.807) is 11.3 Å². The van der Waals surface area contributed by atoms with E-state index >= 15 is 0 Å². The maximum absolute atomic E-state index is 12.8. The lowest BCUT2D eigenvalue weighted by Gasteiger charge is -2.34. The van der Waals surface area contributed by atoms with Gasteiger partial charge >= 0.3 is 0 Å². The van der Waals surface area contributed by atoms with Crippen LogP contribution in [0.1, 0.15) is 56.8 Å². The molecule has 2 aromatic rings. The molecule has 3 heterocycles. The van der Waals surface area contributed by atoms with Crippen LogP contribution in [-0.4, -0.2) is 34.0 Å². The number of hydrogen-bond acceptors (Lipinski definition) is 5. The van der Waals surface area contributed by atoms with Gasteiger partial charge in [-0.05, 0) is 37.1 Å². The summed E-state index contributed by atoms with van der Waals surface area (Å²) in [5, 5.41) is 6.12. The maximum Gasteiger partial charge on any atom is 0.231 e. The fraction of sp³-hybridized carbons (Fsp3) is 0.611. The zero-order chi connectivity index (χ0) is 16.4. The number of amides is 1. The molecule has 2 aromatic heterocycles. The Bertz CT molecular complexity index is 676. The van der Waals surface area contributed by atoms with Crippen LogP contribution in [0.3, 0.4) is 0 Å². The normalized spacial score (nSPS) is 22.7. The van der Waals surface area contributed by atoms with Gasteiger partial charge in [0.25, 0.3) is 0 Å². The van der Waals surface area contributed by atoms with Crippen LogP contribution in [0.5, 0.6) is 0 Å². The highest BCUT2D eigenvalue weighted by Crippen LogP contribution is 2.31. The van der Waals surface area contributed by atoms with Crippen LogP contribution in [0.15, 0.2) is 22.0 Å². The van der Waals surface area contributed by atoms with E-state index in [1.165, 1.54) is 19.3 Å². The number of carbonyl (C=O) groups excluding carboxylic acids is 1. The van der Waals surface area contributed by atoms with Gasteiger partial charge in [0, 0.05) is 19.0 Å². The van der Waals surface area contributed by atoms with E-state index in [9.17, 15) is 4.79 Å². The van der Waals surface area contributed by atoms with Crippen molar-refractivity contribution in [3.63, 3.8) is 0 Å². The average Bonchev–Trinajstić information content (AvgIpc) is 3.33. The van der Waals surface area contributed by atoms with Gasteiger partial charge < -0.3 is 9.42 Å². The Morgan fingerprint density at radius 2 is 2.08 bits per heavy atom. The number of thiophene rings is 1. The highest BCUT2D eigenvalue weighted by Gasteiger charge is 2.32. The number of hydrogen-bond donors (Lipinski definition) is 0. The highest BCUT2D eigenvalue weighted by atomic mass is 32.1. The fourth-order valence-corrected chi connectivity index (χ4v) is 4.54. The van der Waals surface area contributed by atoms with Gasteiger partial charge in [0.2, 0.25) is 17.6 Å². The zero-order valence-electron chi connectivity index (χ0n) is 13.8.